The first kappa shape index (κ1) is 17.6. The third kappa shape index (κ3) is 6.15. The fraction of sp³-hybridized carbons (Fsp3) is 0.167. The van der Waals surface area contributed by atoms with E-state index in [0.29, 0.717) is 0 Å². The summed E-state index contributed by atoms with van der Waals surface area (Å²) < 4.78 is 0. The van der Waals surface area contributed by atoms with Gasteiger partial charge in [0.1, 0.15) is 0 Å². The van der Waals surface area contributed by atoms with E-state index in [1.165, 1.54) is 22.3 Å². The topological polar surface area (TPSA) is 0 Å². The van der Waals surface area contributed by atoms with Crippen molar-refractivity contribution in [3.8, 4) is 11.8 Å². The molecule has 0 bridgehead atoms. The monoisotopic (exact) mass is 312 g/mol. The normalized spacial score (nSPS) is 9.33. The van der Waals surface area contributed by atoms with Crippen molar-refractivity contribution in [1.82, 2.24) is 0 Å². The molecule has 3 aromatic rings. The van der Waals surface area contributed by atoms with Gasteiger partial charge in [-0.3, -0.25) is 0 Å². The van der Waals surface area contributed by atoms with Crippen LogP contribution >= 0.6 is 0 Å². The number of hydrogen-bond donors (Lipinski definition) is 0. The van der Waals surface area contributed by atoms with Crippen molar-refractivity contribution >= 4 is 0 Å². The number of rotatable bonds is 0. The van der Waals surface area contributed by atoms with Crippen molar-refractivity contribution in [3.05, 3.63) is 106 Å². The molecule has 0 unspecified atom stereocenters. The van der Waals surface area contributed by atoms with Crippen LogP contribution in [0.1, 0.15) is 33.4 Å². The highest BCUT2D eigenvalue weighted by Crippen LogP contribution is 2.04. The van der Waals surface area contributed by atoms with Gasteiger partial charge in [-0.05, 0) is 52.0 Å². The Bertz CT molecular complexity index is 738. The lowest BCUT2D eigenvalue weighted by Gasteiger charge is -1.93. The van der Waals surface area contributed by atoms with Gasteiger partial charge in [0, 0.05) is 11.1 Å². The van der Waals surface area contributed by atoms with Crippen LogP contribution in [0.25, 0.3) is 0 Å². The Morgan fingerprint density at radius 1 is 0.375 bits per heavy atom. The highest BCUT2D eigenvalue weighted by molar-refractivity contribution is 5.43. The van der Waals surface area contributed by atoms with Gasteiger partial charge in [0.25, 0.3) is 0 Å². The van der Waals surface area contributed by atoms with Gasteiger partial charge in [-0.1, -0.05) is 82.6 Å². The van der Waals surface area contributed by atoms with Crippen molar-refractivity contribution in [2.24, 2.45) is 0 Å². The van der Waals surface area contributed by atoms with E-state index in [9.17, 15) is 0 Å². The van der Waals surface area contributed by atoms with E-state index >= 15 is 0 Å². The summed E-state index contributed by atoms with van der Waals surface area (Å²) in [5.41, 5.74) is 7.31. The molecule has 0 spiro atoms. The van der Waals surface area contributed by atoms with Crippen LogP contribution in [-0.2, 0) is 0 Å². The molecule has 0 amide bonds. The summed E-state index contributed by atoms with van der Waals surface area (Å²) in [6, 6.07) is 25.0. The number of benzene rings is 3. The maximum atomic E-state index is 3.16. The quantitative estimate of drug-likeness (QED) is 0.446. The second kappa shape index (κ2) is 8.75. The summed E-state index contributed by atoms with van der Waals surface area (Å²) in [5, 5.41) is 0. The molecular weight excluding hydrogens is 288 g/mol. The second-order valence-electron chi connectivity index (χ2n) is 6.14. The van der Waals surface area contributed by atoms with Crippen LogP contribution in [0.3, 0.4) is 0 Å². The zero-order valence-corrected chi connectivity index (χ0v) is 14.9. The molecule has 0 radical (unpaired) electrons. The van der Waals surface area contributed by atoms with Crippen LogP contribution in [0.5, 0.6) is 0 Å². The van der Waals surface area contributed by atoms with Gasteiger partial charge in [0.2, 0.25) is 0 Å². The second-order valence-corrected chi connectivity index (χ2v) is 6.14. The van der Waals surface area contributed by atoms with E-state index < -0.39 is 0 Å². The first-order chi connectivity index (χ1) is 11.5. The molecule has 0 atom stereocenters. The molecule has 0 aromatic heterocycles. The molecule has 0 fully saturated rings. The Kier molecular flexibility index (Phi) is 6.41. The van der Waals surface area contributed by atoms with Crippen LogP contribution in [0.4, 0.5) is 0 Å². The minimum absolute atomic E-state index is 1.06. The minimum Gasteiger partial charge on any atom is -0.0617 e. The third-order valence-corrected chi connectivity index (χ3v) is 3.67. The third-order valence-electron chi connectivity index (χ3n) is 3.67. The van der Waals surface area contributed by atoms with E-state index in [2.05, 4.69) is 112 Å². The van der Waals surface area contributed by atoms with Crippen molar-refractivity contribution in [2.75, 3.05) is 0 Å². The van der Waals surface area contributed by atoms with E-state index in [1.54, 1.807) is 0 Å². The van der Waals surface area contributed by atoms with Crippen molar-refractivity contribution in [2.45, 2.75) is 27.7 Å². The average molecular weight is 312 g/mol. The summed E-state index contributed by atoms with van der Waals surface area (Å²) in [6.45, 7) is 8.35. The van der Waals surface area contributed by atoms with Crippen LogP contribution in [0, 0.1) is 39.5 Å². The summed E-state index contributed by atoms with van der Waals surface area (Å²) in [6.07, 6.45) is 0. The molecule has 3 aromatic carbocycles. The Morgan fingerprint density at radius 2 is 0.583 bits per heavy atom. The summed E-state index contributed by atoms with van der Waals surface area (Å²) >= 11 is 0. The minimum atomic E-state index is 1.06. The van der Waals surface area contributed by atoms with Crippen LogP contribution in [0.15, 0.2) is 72.8 Å². The maximum Gasteiger partial charge on any atom is 0.0249 e. The lowest BCUT2D eigenvalue weighted by atomic mass is 10.1. The van der Waals surface area contributed by atoms with Gasteiger partial charge in [0.05, 0.1) is 0 Å². The average Bonchev–Trinajstić information content (AvgIpc) is 2.59. The lowest BCUT2D eigenvalue weighted by molar-refractivity contribution is 1.40. The van der Waals surface area contributed by atoms with Gasteiger partial charge < -0.3 is 0 Å². The first-order valence-electron chi connectivity index (χ1n) is 8.21. The standard InChI is InChI=1S/C16H14.C8H10/c1-13-3-7-15(8-4-13)11-12-16-9-5-14(2)6-10-16;1-7-3-5-8(2)6-4-7/h3-10H,1-2H3;3-6H,1-2H3. The van der Waals surface area contributed by atoms with E-state index in [0.717, 1.165) is 11.1 Å². The largest absolute Gasteiger partial charge is 0.0617 e. The molecule has 0 N–H and O–H groups in total. The molecule has 0 heterocycles. The van der Waals surface area contributed by atoms with Gasteiger partial charge in [0.15, 0.2) is 0 Å². The molecule has 0 saturated heterocycles. The Balaban J connectivity index is 0.000000219. The number of aryl methyl sites for hydroxylation is 4. The first-order valence-corrected chi connectivity index (χ1v) is 8.21. The lowest BCUT2D eigenvalue weighted by Crippen LogP contribution is -1.77. The van der Waals surface area contributed by atoms with Crippen molar-refractivity contribution in [1.29, 1.82) is 0 Å². The summed E-state index contributed by atoms with van der Waals surface area (Å²) in [4.78, 5) is 0. The van der Waals surface area contributed by atoms with Gasteiger partial charge in [-0.15, -0.1) is 0 Å². The molecular formula is C24H24. The van der Waals surface area contributed by atoms with Crippen LogP contribution in [-0.4, -0.2) is 0 Å². The predicted molar refractivity (Wildman–Crippen MR) is 104 cm³/mol. The van der Waals surface area contributed by atoms with E-state index in [4.69, 9.17) is 0 Å². The molecule has 0 nitrogen and oxygen atoms in total. The van der Waals surface area contributed by atoms with Gasteiger partial charge in [-0.25, -0.2) is 0 Å². The van der Waals surface area contributed by atoms with E-state index in [-0.39, 0.29) is 0 Å². The summed E-state index contributed by atoms with van der Waals surface area (Å²) in [5.74, 6) is 6.32. The fourth-order valence-electron chi connectivity index (χ4n) is 2.06. The molecule has 120 valence electrons. The zero-order valence-electron chi connectivity index (χ0n) is 14.9. The molecule has 0 heteroatoms. The fourth-order valence-corrected chi connectivity index (χ4v) is 2.06. The molecule has 3 rings (SSSR count). The van der Waals surface area contributed by atoms with Crippen molar-refractivity contribution in [3.63, 3.8) is 0 Å². The molecule has 0 saturated carbocycles. The highest BCUT2D eigenvalue weighted by atomic mass is 13.9. The number of hydrogen-bond acceptors (Lipinski definition) is 0. The zero-order chi connectivity index (χ0) is 17.4. The molecule has 24 heavy (non-hydrogen) atoms. The Hall–Kier alpha value is -2.78. The van der Waals surface area contributed by atoms with Crippen LogP contribution in [0.2, 0.25) is 0 Å². The van der Waals surface area contributed by atoms with Gasteiger partial charge >= 0.3 is 0 Å². The smallest absolute Gasteiger partial charge is 0.0249 e. The Labute approximate surface area is 146 Å². The van der Waals surface area contributed by atoms with Gasteiger partial charge in [-0.2, -0.15) is 0 Å². The highest BCUT2D eigenvalue weighted by Gasteiger charge is 1.88. The summed E-state index contributed by atoms with van der Waals surface area (Å²) in [7, 11) is 0. The van der Waals surface area contributed by atoms with Crippen LogP contribution < -0.4 is 0 Å². The molecule has 0 aliphatic rings. The molecule has 0 aliphatic heterocycles. The maximum absolute atomic E-state index is 3.16. The predicted octanol–water partition coefficient (Wildman–Crippen LogP) is 6.01. The molecule has 0 aliphatic carbocycles. The Morgan fingerprint density at radius 3 is 0.833 bits per heavy atom. The van der Waals surface area contributed by atoms with Crippen molar-refractivity contribution < 1.29 is 0 Å². The van der Waals surface area contributed by atoms with E-state index in [1.807, 2.05) is 0 Å². The SMILES string of the molecule is Cc1ccc(C#Cc2ccc(C)cc2)cc1.Cc1ccc(C)cc1.